The molecular formula is C28H32F7N3O2. The number of halogens is 7. The highest BCUT2D eigenvalue weighted by Gasteiger charge is 2.47. The maximum absolute atomic E-state index is 13.9. The zero-order valence-electron chi connectivity index (χ0n) is 22.3. The summed E-state index contributed by atoms with van der Waals surface area (Å²) in [5.41, 5.74) is -2.26. The van der Waals surface area contributed by atoms with Gasteiger partial charge in [0.25, 0.3) is 0 Å². The second-order valence-electron chi connectivity index (χ2n) is 10.9. The first-order valence-corrected chi connectivity index (χ1v) is 13.0. The summed E-state index contributed by atoms with van der Waals surface area (Å²) in [5, 5.41) is 13.1. The third-order valence-corrected chi connectivity index (χ3v) is 8.31. The molecule has 2 aromatic rings. The fourth-order valence-electron chi connectivity index (χ4n) is 5.93. The number of nitrogens with zero attached hydrogens (tertiary/aromatic N) is 2. The molecule has 2 aliphatic heterocycles. The Hall–Kier alpha value is -2.86. The molecule has 4 rings (SSSR count). The van der Waals surface area contributed by atoms with Crippen LogP contribution in [0.5, 0.6) is 0 Å². The van der Waals surface area contributed by atoms with Gasteiger partial charge in [0.2, 0.25) is 0 Å². The molecule has 0 bridgehead atoms. The molecule has 40 heavy (non-hydrogen) atoms. The standard InChI is InChI=1S/C28H32F7N3O2/c1-16-10-21(29)4-5-23(16)24-14-26(7-6-22(15-39)36-26)8-9-38(24)25(40)37(3)17(2)18-11-19(27(30,31)32)13-20(12-18)28(33,34)35/h4-5,10-13,17,22,24,36,39H,6-9,14-15H2,1-3H3/t17?,22-,24?,26?/m1/s1. The lowest BCUT2D eigenvalue weighted by molar-refractivity contribution is -0.143. The smallest absolute Gasteiger partial charge is 0.395 e. The number of aliphatic hydroxyl groups excluding tert-OH is 1. The van der Waals surface area contributed by atoms with Crippen LogP contribution in [0.15, 0.2) is 36.4 Å². The Morgan fingerprint density at radius 2 is 1.73 bits per heavy atom. The molecule has 5 nitrogen and oxygen atoms in total. The molecule has 12 heteroatoms. The molecule has 2 N–H and O–H groups in total. The first-order valence-electron chi connectivity index (χ1n) is 13.0. The van der Waals surface area contributed by atoms with E-state index in [1.165, 1.54) is 26.1 Å². The summed E-state index contributed by atoms with van der Waals surface area (Å²) in [5.74, 6) is -0.445. The first-order chi connectivity index (χ1) is 18.5. The Labute approximate surface area is 227 Å². The Morgan fingerprint density at radius 1 is 1.10 bits per heavy atom. The number of urea groups is 1. The molecular weight excluding hydrogens is 543 g/mol. The highest BCUT2D eigenvalue weighted by Crippen LogP contribution is 2.44. The molecule has 3 unspecified atom stereocenters. The summed E-state index contributed by atoms with van der Waals surface area (Å²) >= 11 is 0. The minimum Gasteiger partial charge on any atom is -0.395 e. The number of carbonyl (C=O) groups excluding carboxylic acids is 1. The normalized spacial score (nSPS) is 24.4. The van der Waals surface area contributed by atoms with Crippen molar-refractivity contribution >= 4 is 6.03 Å². The molecule has 2 aromatic carbocycles. The molecule has 2 heterocycles. The Morgan fingerprint density at radius 3 is 2.25 bits per heavy atom. The van der Waals surface area contributed by atoms with Crippen LogP contribution in [0.1, 0.15) is 72.5 Å². The van der Waals surface area contributed by atoms with Crippen LogP contribution in [0.25, 0.3) is 0 Å². The summed E-state index contributed by atoms with van der Waals surface area (Å²) in [7, 11) is 1.34. The van der Waals surface area contributed by atoms with Crippen LogP contribution >= 0.6 is 0 Å². The van der Waals surface area contributed by atoms with E-state index in [2.05, 4.69) is 5.32 Å². The van der Waals surface area contributed by atoms with Crippen LogP contribution in [-0.4, -0.2) is 52.7 Å². The van der Waals surface area contributed by atoms with Gasteiger partial charge >= 0.3 is 18.4 Å². The van der Waals surface area contributed by atoms with Crippen molar-refractivity contribution in [2.24, 2.45) is 0 Å². The third-order valence-electron chi connectivity index (χ3n) is 8.31. The van der Waals surface area contributed by atoms with Crippen molar-refractivity contribution in [3.63, 3.8) is 0 Å². The summed E-state index contributed by atoms with van der Waals surface area (Å²) in [6, 6.07) is 3.25. The number of hydrogen-bond acceptors (Lipinski definition) is 3. The second-order valence-corrected chi connectivity index (χ2v) is 10.9. The van der Waals surface area contributed by atoms with Crippen LogP contribution in [0.3, 0.4) is 0 Å². The van der Waals surface area contributed by atoms with Gasteiger partial charge in [-0.1, -0.05) is 6.07 Å². The lowest BCUT2D eigenvalue weighted by Gasteiger charge is -2.47. The average molecular weight is 576 g/mol. The number of hydrogen-bond donors (Lipinski definition) is 2. The van der Waals surface area contributed by atoms with Crippen molar-refractivity contribution < 1.29 is 40.6 Å². The maximum Gasteiger partial charge on any atom is 0.416 e. The van der Waals surface area contributed by atoms with Crippen LogP contribution in [0.4, 0.5) is 35.5 Å². The number of carbonyl (C=O) groups is 1. The number of piperidine rings is 1. The van der Waals surface area contributed by atoms with Gasteiger partial charge in [-0.05, 0) is 86.6 Å². The first kappa shape index (κ1) is 30.1. The lowest BCUT2D eigenvalue weighted by Crippen LogP contribution is -2.56. The summed E-state index contributed by atoms with van der Waals surface area (Å²) in [6.45, 7) is 3.30. The van der Waals surface area contributed by atoms with Crippen LogP contribution in [0, 0.1) is 12.7 Å². The molecule has 2 fully saturated rings. The van der Waals surface area contributed by atoms with E-state index >= 15 is 0 Å². The van der Waals surface area contributed by atoms with E-state index in [0.717, 1.165) is 17.7 Å². The predicted molar refractivity (Wildman–Crippen MR) is 134 cm³/mol. The van der Waals surface area contributed by atoms with Crippen molar-refractivity contribution in [3.8, 4) is 0 Å². The Kier molecular flexibility index (Phi) is 8.16. The van der Waals surface area contributed by atoms with Gasteiger partial charge in [-0.3, -0.25) is 0 Å². The molecule has 2 amide bonds. The van der Waals surface area contributed by atoms with Gasteiger partial charge in [-0.2, -0.15) is 26.3 Å². The van der Waals surface area contributed by atoms with Crippen LogP contribution in [-0.2, 0) is 12.4 Å². The highest BCUT2D eigenvalue weighted by molar-refractivity contribution is 5.75. The average Bonchev–Trinajstić information content (AvgIpc) is 3.28. The van der Waals surface area contributed by atoms with Gasteiger partial charge in [0.05, 0.1) is 29.8 Å². The van der Waals surface area contributed by atoms with E-state index in [9.17, 15) is 40.6 Å². The van der Waals surface area contributed by atoms with Crippen molar-refractivity contribution in [3.05, 3.63) is 70.0 Å². The summed E-state index contributed by atoms with van der Waals surface area (Å²) in [6.07, 6.45) is -7.53. The van der Waals surface area contributed by atoms with Crippen molar-refractivity contribution in [1.82, 2.24) is 15.1 Å². The van der Waals surface area contributed by atoms with E-state index in [-0.39, 0.29) is 36.4 Å². The van der Waals surface area contributed by atoms with E-state index in [0.29, 0.717) is 36.1 Å². The minimum absolute atomic E-state index is 0.0399. The number of alkyl halides is 6. The number of aliphatic hydroxyl groups is 1. The third kappa shape index (κ3) is 6.07. The van der Waals surface area contributed by atoms with E-state index in [1.807, 2.05) is 0 Å². The number of benzene rings is 2. The van der Waals surface area contributed by atoms with Gasteiger partial charge < -0.3 is 20.2 Å². The van der Waals surface area contributed by atoms with E-state index in [4.69, 9.17) is 0 Å². The SMILES string of the molecule is Cc1cc(F)ccc1C1CC2(CC[C@H](CO)N2)CCN1C(=O)N(C)C(C)c1cc(C(F)(F)F)cc(C(F)(F)F)c1. The van der Waals surface area contributed by atoms with Gasteiger partial charge in [-0.15, -0.1) is 0 Å². The van der Waals surface area contributed by atoms with Gasteiger partial charge in [-0.25, -0.2) is 9.18 Å². The van der Waals surface area contributed by atoms with Crippen molar-refractivity contribution in [2.45, 2.75) is 75.5 Å². The lowest BCUT2D eigenvalue weighted by atomic mass is 9.79. The molecule has 2 saturated heterocycles. The topological polar surface area (TPSA) is 55.8 Å². The van der Waals surface area contributed by atoms with Gasteiger partial charge in [0, 0.05) is 25.2 Å². The molecule has 0 saturated carbocycles. The summed E-state index contributed by atoms with van der Waals surface area (Å²) < 4.78 is 94.6. The zero-order chi connectivity index (χ0) is 29.6. The van der Waals surface area contributed by atoms with Crippen LogP contribution < -0.4 is 5.32 Å². The molecule has 0 aromatic heterocycles. The monoisotopic (exact) mass is 575 g/mol. The number of likely N-dealkylation sites (tertiary alicyclic amines) is 1. The predicted octanol–water partition coefficient (Wildman–Crippen LogP) is 6.60. The van der Waals surface area contributed by atoms with Crippen molar-refractivity contribution in [2.75, 3.05) is 20.2 Å². The zero-order valence-corrected chi connectivity index (χ0v) is 22.3. The highest BCUT2D eigenvalue weighted by atomic mass is 19.4. The Bertz CT molecular complexity index is 1220. The fourth-order valence-corrected chi connectivity index (χ4v) is 5.93. The maximum atomic E-state index is 13.9. The van der Waals surface area contributed by atoms with Crippen LogP contribution in [0.2, 0.25) is 0 Å². The molecule has 2 aliphatic rings. The van der Waals surface area contributed by atoms with E-state index in [1.54, 1.807) is 17.9 Å². The van der Waals surface area contributed by atoms with Gasteiger partial charge in [0.1, 0.15) is 5.82 Å². The number of rotatable bonds is 4. The summed E-state index contributed by atoms with van der Waals surface area (Å²) in [4.78, 5) is 16.5. The quantitative estimate of drug-likeness (QED) is 0.404. The largest absolute Gasteiger partial charge is 0.416 e. The molecule has 0 radical (unpaired) electrons. The van der Waals surface area contributed by atoms with E-state index < -0.39 is 47.4 Å². The van der Waals surface area contributed by atoms with Gasteiger partial charge in [0.15, 0.2) is 0 Å². The Balaban J connectivity index is 1.67. The number of aryl methyl sites for hydroxylation is 1. The number of nitrogens with one attached hydrogen (secondary N) is 1. The van der Waals surface area contributed by atoms with Crippen molar-refractivity contribution in [1.29, 1.82) is 0 Å². The number of amides is 2. The molecule has 0 aliphatic carbocycles. The minimum atomic E-state index is -5.01. The molecule has 220 valence electrons. The molecule has 1 spiro atoms. The molecule has 4 atom stereocenters. The fraction of sp³-hybridized carbons (Fsp3) is 0.536. The second kappa shape index (κ2) is 10.8.